The van der Waals surface area contributed by atoms with E-state index in [9.17, 15) is 4.79 Å². The minimum atomic E-state index is -0.221. The summed E-state index contributed by atoms with van der Waals surface area (Å²) in [5.41, 5.74) is 2.27. The van der Waals surface area contributed by atoms with Gasteiger partial charge in [0.05, 0.1) is 18.1 Å². The van der Waals surface area contributed by atoms with Gasteiger partial charge in [-0.05, 0) is 24.3 Å². The third kappa shape index (κ3) is 3.36. The van der Waals surface area contributed by atoms with Gasteiger partial charge in [0.2, 0.25) is 0 Å². The molecule has 0 aliphatic carbocycles. The van der Waals surface area contributed by atoms with Crippen LogP contribution in [0.5, 0.6) is 0 Å². The molecule has 0 radical (unpaired) electrons. The third-order valence-corrected chi connectivity index (χ3v) is 4.44. The van der Waals surface area contributed by atoms with E-state index in [1.165, 1.54) is 11.3 Å². The fourth-order valence-corrected chi connectivity index (χ4v) is 3.10. The molecule has 0 aliphatic heterocycles. The summed E-state index contributed by atoms with van der Waals surface area (Å²) in [6.07, 6.45) is 5.22. The Bertz CT molecular complexity index is 974. The van der Waals surface area contributed by atoms with Gasteiger partial charge in [0, 0.05) is 23.7 Å². The van der Waals surface area contributed by atoms with Gasteiger partial charge in [-0.25, -0.2) is 9.67 Å². The maximum atomic E-state index is 12.3. The Balaban J connectivity index is 1.40. The van der Waals surface area contributed by atoms with Crippen LogP contribution >= 0.6 is 11.3 Å². The van der Waals surface area contributed by atoms with Gasteiger partial charge in [-0.3, -0.25) is 4.79 Å². The van der Waals surface area contributed by atoms with Crippen molar-refractivity contribution in [3.63, 3.8) is 0 Å². The van der Waals surface area contributed by atoms with E-state index in [2.05, 4.69) is 15.4 Å². The molecule has 0 saturated carbocycles. The Morgan fingerprint density at radius 2 is 2.08 bits per heavy atom. The molecule has 0 unspecified atom stereocenters. The monoisotopic (exact) mass is 350 g/mol. The average Bonchev–Trinajstić information content (AvgIpc) is 3.41. The van der Waals surface area contributed by atoms with Crippen LogP contribution < -0.4 is 5.32 Å². The fraction of sp³-hybridized carbons (Fsp3) is 0.0556. The number of nitrogens with one attached hydrogen (secondary N) is 1. The van der Waals surface area contributed by atoms with Crippen LogP contribution in [-0.4, -0.2) is 20.7 Å². The van der Waals surface area contributed by atoms with E-state index in [1.807, 2.05) is 42.6 Å². The molecule has 1 amide bonds. The number of hydrogen-bond donors (Lipinski definition) is 1. The second kappa shape index (κ2) is 6.74. The lowest BCUT2D eigenvalue weighted by Crippen LogP contribution is -2.22. The lowest BCUT2D eigenvalue weighted by Gasteiger charge is -2.01. The van der Waals surface area contributed by atoms with Gasteiger partial charge in [-0.15, -0.1) is 11.3 Å². The molecule has 0 fully saturated rings. The molecule has 25 heavy (non-hydrogen) atoms. The number of benzene rings is 1. The third-order valence-electron chi connectivity index (χ3n) is 3.58. The summed E-state index contributed by atoms with van der Waals surface area (Å²) in [5.74, 6) is 0.440. The Kier molecular flexibility index (Phi) is 4.14. The molecule has 3 aromatic heterocycles. The van der Waals surface area contributed by atoms with E-state index in [4.69, 9.17) is 4.42 Å². The molecular weight excluding hydrogens is 336 g/mol. The minimum Gasteiger partial charge on any atom is -0.462 e. The van der Waals surface area contributed by atoms with E-state index in [-0.39, 0.29) is 5.91 Å². The highest BCUT2D eigenvalue weighted by atomic mass is 32.1. The summed E-state index contributed by atoms with van der Waals surface area (Å²) in [6.45, 7) is 0.388. The predicted molar refractivity (Wildman–Crippen MR) is 94.6 cm³/mol. The van der Waals surface area contributed by atoms with E-state index >= 15 is 0 Å². The summed E-state index contributed by atoms with van der Waals surface area (Å²) in [4.78, 5) is 16.6. The summed E-state index contributed by atoms with van der Waals surface area (Å²) in [7, 11) is 0. The maximum absolute atomic E-state index is 12.3. The van der Waals surface area contributed by atoms with Crippen LogP contribution in [0.25, 0.3) is 16.5 Å². The molecule has 0 bridgehead atoms. The Labute approximate surface area is 147 Å². The maximum Gasteiger partial charge on any atom is 0.271 e. The van der Waals surface area contributed by atoms with Crippen LogP contribution in [0.2, 0.25) is 0 Å². The van der Waals surface area contributed by atoms with Crippen molar-refractivity contribution < 1.29 is 9.21 Å². The number of thiazole rings is 1. The Morgan fingerprint density at radius 1 is 1.20 bits per heavy atom. The molecular formula is C18H14N4O2S. The summed E-state index contributed by atoms with van der Waals surface area (Å²) < 4.78 is 7.07. The predicted octanol–water partition coefficient (Wildman–Crippen LogP) is 3.52. The molecule has 1 aromatic carbocycles. The van der Waals surface area contributed by atoms with E-state index in [0.29, 0.717) is 23.0 Å². The normalized spacial score (nSPS) is 10.7. The quantitative estimate of drug-likeness (QED) is 0.598. The van der Waals surface area contributed by atoms with Gasteiger partial charge in [-0.2, -0.15) is 5.10 Å². The number of para-hydroxylation sites is 1. The van der Waals surface area contributed by atoms with E-state index in [1.54, 1.807) is 28.6 Å². The van der Waals surface area contributed by atoms with Crippen LogP contribution in [0.4, 0.5) is 0 Å². The molecule has 4 aromatic rings. The van der Waals surface area contributed by atoms with Crippen molar-refractivity contribution in [2.75, 3.05) is 0 Å². The van der Waals surface area contributed by atoms with Crippen molar-refractivity contribution in [2.45, 2.75) is 6.54 Å². The zero-order valence-corrected chi connectivity index (χ0v) is 13.9. The lowest BCUT2D eigenvalue weighted by atomic mass is 10.3. The van der Waals surface area contributed by atoms with Gasteiger partial charge in [0.1, 0.15) is 5.69 Å². The van der Waals surface area contributed by atoms with Crippen molar-refractivity contribution in [1.82, 2.24) is 20.1 Å². The first-order valence-corrected chi connectivity index (χ1v) is 8.54. The number of nitrogens with zero attached hydrogens (tertiary/aromatic N) is 3. The molecule has 0 saturated heterocycles. The molecule has 124 valence electrons. The van der Waals surface area contributed by atoms with Crippen LogP contribution in [-0.2, 0) is 6.54 Å². The van der Waals surface area contributed by atoms with Gasteiger partial charge >= 0.3 is 0 Å². The van der Waals surface area contributed by atoms with E-state index < -0.39 is 0 Å². The summed E-state index contributed by atoms with van der Waals surface area (Å²) in [6, 6.07) is 13.4. The molecule has 1 N–H and O–H groups in total. The van der Waals surface area contributed by atoms with Crippen LogP contribution in [0.1, 0.15) is 16.1 Å². The second-order valence-electron chi connectivity index (χ2n) is 5.33. The molecule has 6 nitrogen and oxygen atoms in total. The largest absolute Gasteiger partial charge is 0.462 e. The highest BCUT2D eigenvalue weighted by molar-refractivity contribution is 7.13. The van der Waals surface area contributed by atoms with E-state index in [0.717, 1.165) is 11.3 Å². The van der Waals surface area contributed by atoms with Crippen LogP contribution in [0.15, 0.2) is 70.9 Å². The van der Waals surface area contributed by atoms with Gasteiger partial charge in [0.25, 0.3) is 5.91 Å². The SMILES string of the molecule is O=C(NCc1cnn(-c2ccccc2)c1)c1csc(-c2ccco2)n1. The molecule has 0 spiro atoms. The fourth-order valence-electron chi connectivity index (χ4n) is 2.34. The summed E-state index contributed by atoms with van der Waals surface area (Å²) >= 11 is 1.38. The number of carbonyl (C=O) groups excluding carboxylic acids is 1. The van der Waals surface area contributed by atoms with Gasteiger partial charge < -0.3 is 9.73 Å². The number of aromatic nitrogens is 3. The number of rotatable bonds is 5. The minimum absolute atomic E-state index is 0.221. The number of furan rings is 1. The highest BCUT2D eigenvalue weighted by Crippen LogP contribution is 2.23. The van der Waals surface area contributed by atoms with Crippen molar-refractivity contribution in [3.05, 3.63) is 77.8 Å². The second-order valence-corrected chi connectivity index (χ2v) is 6.18. The molecule has 0 aliphatic rings. The van der Waals surface area contributed by atoms with Crippen molar-refractivity contribution in [2.24, 2.45) is 0 Å². The number of amides is 1. The van der Waals surface area contributed by atoms with Gasteiger partial charge in [-0.1, -0.05) is 18.2 Å². The Morgan fingerprint density at radius 3 is 2.88 bits per heavy atom. The topological polar surface area (TPSA) is 73.0 Å². The first-order valence-electron chi connectivity index (χ1n) is 7.66. The first kappa shape index (κ1) is 15.3. The molecule has 3 heterocycles. The zero-order valence-electron chi connectivity index (χ0n) is 13.1. The van der Waals surface area contributed by atoms with Crippen molar-refractivity contribution in [3.8, 4) is 16.5 Å². The smallest absolute Gasteiger partial charge is 0.271 e. The first-order chi connectivity index (χ1) is 12.3. The number of carbonyl (C=O) groups is 1. The number of hydrogen-bond acceptors (Lipinski definition) is 5. The van der Waals surface area contributed by atoms with Crippen LogP contribution in [0, 0.1) is 0 Å². The highest BCUT2D eigenvalue weighted by Gasteiger charge is 2.13. The van der Waals surface area contributed by atoms with Crippen molar-refractivity contribution in [1.29, 1.82) is 0 Å². The molecule has 7 heteroatoms. The molecule has 4 rings (SSSR count). The summed E-state index contributed by atoms with van der Waals surface area (Å²) in [5, 5.41) is 9.58. The molecule has 0 atom stereocenters. The van der Waals surface area contributed by atoms with Crippen molar-refractivity contribution >= 4 is 17.2 Å². The van der Waals surface area contributed by atoms with Crippen LogP contribution in [0.3, 0.4) is 0 Å². The lowest BCUT2D eigenvalue weighted by molar-refractivity contribution is 0.0946. The standard InChI is InChI=1S/C18H14N4O2S/c23-17(15-12-25-18(21-15)16-7-4-8-24-16)19-9-13-10-20-22(11-13)14-5-2-1-3-6-14/h1-8,10-12H,9H2,(H,19,23). The average molecular weight is 350 g/mol. The zero-order chi connectivity index (χ0) is 17.1. The van der Waals surface area contributed by atoms with Gasteiger partial charge in [0.15, 0.2) is 10.8 Å². The Hall–Kier alpha value is -3.19.